The molecule has 0 amide bonds. The topological polar surface area (TPSA) is 46.5 Å². The molecule has 0 bridgehead atoms. The molecule has 1 aromatic rings. The van der Waals surface area contributed by atoms with Crippen molar-refractivity contribution in [3.63, 3.8) is 0 Å². The summed E-state index contributed by atoms with van der Waals surface area (Å²) in [7, 11) is 0. The number of carboxylic acid groups (broad SMARTS) is 1. The fraction of sp³-hybridized carbons (Fsp3) is 0.533. The van der Waals surface area contributed by atoms with Crippen LogP contribution in [-0.2, 0) is 16.1 Å². The second-order valence-corrected chi connectivity index (χ2v) is 4.92. The standard InChI is InChI=1S/C15H20O3/c16-15(17)13-9-5-2-6-10-14(13)18-11-12-7-3-1-4-8-12/h1,3-4,7-8,13-14H,2,5-6,9-11H2,(H,16,17). The predicted molar refractivity (Wildman–Crippen MR) is 69.2 cm³/mol. The van der Waals surface area contributed by atoms with E-state index in [-0.39, 0.29) is 12.0 Å². The number of carboxylic acids is 1. The van der Waals surface area contributed by atoms with E-state index < -0.39 is 5.97 Å². The molecule has 0 saturated heterocycles. The number of rotatable bonds is 4. The maximum Gasteiger partial charge on any atom is 0.309 e. The number of carbonyl (C=O) groups is 1. The first-order chi connectivity index (χ1) is 8.77. The second-order valence-electron chi connectivity index (χ2n) is 4.92. The summed E-state index contributed by atoms with van der Waals surface area (Å²) in [6.07, 6.45) is 4.67. The molecular weight excluding hydrogens is 228 g/mol. The summed E-state index contributed by atoms with van der Waals surface area (Å²) in [5.74, 6) is -1.05. The molecular formula is C15H20O3. The largest absolute Gasteiger partial charge is 0.481 e. The van der Waals surface area contributed by atoms with E-state index in [0.717, 1.165) is 37.7 Å². The Labute approximate surface area is 108 Å². The fourth-order valence-corrected chi connectivity index (χ4v) is 2.53. The second kappa shape index (κ2) is 6.55. The van der Waals surface area contributed by atoms with E-state index in [9.17, 15) is 9.90 Å². The molecule has 0 aromatic heterocycles. The van der Waals surface area contributed by atoms with Gasteiger partial charge in [-0.2, -0.15) is 0 Å². The van der Waals surface area contributed by atoms with Crippen LogP contribution < -0.4 is 0 Å². The van der Waals surface area contributed by atoms with Gasteiger partial charge in [-0.1, -0.05) is 49.6 Å². The quantitative estimate of drug-likeness (QED) is 0.832. The molecule has 1 aliphatic carbocycles. The van der Waals surface area contributed by atoms with E-state index in [1.165, 1.54) is 0 Å². The van der Waals surface area contributed by atoms with E-state index >= 15 is 0 Å². The lowest BCUT2D eigenvalue weighted by Gasteiger charge is -2.22. The number of benzene rings is 1. The van der Waals surface area contributed by atoms with Gasteiger partial charge in [0.1, 0.15) is 0 Å². The molecule has 1 aliphatic rings. The molecule has 3 heteroatoms. The maximum atomic E-state index is 11.2. The van der Waals surface area contributed by atoms with Crippen molar-refractivity contribution in [2.45, 2.75) is 44.8 Å². The molecule has 98 valence electrons. The number of aliphatic carboxylic acids is 1. The summed E-state index contributed by atoms with van der Waals surface area (Å²) in [5, 5.41) is 9.25. The van der Waals surface area contributed by atoms with Crippen molar-refractivity contribution in [3.05, 3.63) is 35.9 Å². The summed E-state index contributed by atoms with van der Waals surface area (Å²) in [6, 6.07) is 9.93. The van der Waals surface area contributed by atoms with Gasteiger partial charge < -0.3 is 9.84 Å². The summed E-state index contributed by atoms with van der Waals surface area (Å²) < 4.78 is 5.84. The van der Waals surface area contributed by atoms with Gasteiger partial charge >= 0.3 is 5.97 Å². The highest BCUT2D eigenvalue weighted by Gasteiger charge is 2.30. The Morgan fingerprint density at radius 3 is 2.61 bits per heavy atom. The normalized spacial score (nSPS) is 24.4. The van der Waals surface area contributed by atoms with Crippen LogP contribution in [0, 0.1) is 5.92 Å². The highest BCUT2D eigenvalue weighted by molar-refractivity contribution is 5.70. The first-order valence-corrected chi connectivity index (χ1v) is 6.65. The molecule has 0 heterocycles. The van der Waals surface area contributed by atoms with E-state index in [1.54, 1.807) is 0 Å². The van der Waals surface area contributed by atoms with Gasteiger partial charge in [-0.3, -0.25) is 4.79 Å². The number of ether oxygens (including phenoxy) is 1. The molecule has 2 rings (SSSR count). The third-order valence-electron chi connectivity index (χ3n) is 3.58. The van der Waals surface area contributed by atoms with E-state index in [0.29, 0.717) is 6.61 Å². The van der Waals surface area contributed by atoms with E-state index in [1.807, 2.05) is 30.3 Å². The zero-order chi connectivity index (χ0) is 12.8. The Morgan fingerprint density at radius 2 is 1.89 bits per heavy atom. The highest BCUT2D eigenvalue weighted by atomic mass is 16.5. The molecule has 0 spiro atoms. The molecule has 2 unspecified atom stereocenters. The average Bonchev–Trinajstić information content (AvgIpc) is 2.63. The van der Waals surface area contributed by atoms with Gasteiger partial charge in [0.25, 0.3) is 0 Å². The van der Waals surface area contributed by atoms with Crippen molar-refractivity contribution in [3.8, 4) is 0 Å². The molecule has 2 atom stereocenters. The van der Waals surface area contributed by atoms with Gasteiger partial charge in [0.15, 0.2) is 0 Å². The minimum absolute atomic E-state index is 0.134. The Hall–Kier alpha value is -1.35. The Morgan fingerprint density at radius 1 is 1.17 bits per heavy atom. The summed E-state index contributed by atoms with van der Waals surface area (Å²) in [4.78, 5) is 11.2. The lowest BCUT2D eigenvalue weighted by Crippen LogP contribution is -2.29. The van der Waals surface area contributed by atoms with Crippen molar-refractivity contribution < 1.29 is 14.6 Å². The van der Waals surface area contributed by atoms with Crippen molar-refractivity contribution in [2.75, 3.05) is 0 Å². The van der Waals surface area contributed by atoms with Crippen LogP contribution in [0.3, 0.4) is 0 Å². The predicted octanol–water partition coefficient (Wildman–Crippen LogP) is 3.24. The minimum Gasteiger partial charge on any atom is -0.481 e. The number of hydrogen-bond acceptors (Lipinski definition) is 2. The van der Waals surface area contributed by atoms with Gasteiger partial charge in [0.2, 0.25) is 0 Å². The zero-order valence-corrected chi connectivity index (χ0v) is 10.5. The smallest absolute Gasteiger partial charge is 0.309 e. The summed E-state index contributed by atoms with van der Waals surface area (Å²) >= 11 is 0. The SMILES string of the molecule is O=C(O)C1CCCCCC1OCc1ccccc1. The van der Waals surface area contributed by atoms with Crippen LogP contribution in [-0.4, -0.2) is 17.2 Å². The maximum absolute atomic E-state index is 11.2. The third-order valence-corrected chi connectivity index (χ3v) is 3.58. The molecule has 1 saturated carbocycles. The van der Waals surface area contributed by atoms with Crippen LogP contribution in [0.4, 0.5) is 0 Å². The molecule has 3 nitrogen and oxygen atoms in total. The first kappa shape index (κ1) is 13.1. The monoisotopic (exact) mass is 248 g/mol. The molecule has 0 aliphatic heterocycles. The highest BCUT2D eigenvalue weighted by Crippen LogP contribution is 2.26. The van der Waals surface area contributed by atoms with Crippen molar-refractivity contribution in [1.29, 1.82) is 0 Å². The van der Waals surface area contributed by atoms with Gasteiger partial charge in [-0.25, -0.2) is 0 Å². The first-order valence-electron chi connectivity index (χ1n) is 6.65. The van der Waals surface area contributed by atoms with Crippen LogP contribution >= 0.6 is 0 Å². The van der Waals surface area contributed by atoms with Gasteiger partial charge in [0, 0.05) is 0 Å². The van der Waals surface area contributed by atoms with Crippen LogP contribution in [0.1, 0.15) is 37.7 Å². The van der Waals surface area contributed by atoms with Crippen molar-refractivity contribution in [1.82, 2.24) is 0 Å². The van der Waals surface area contributed by atoms with Crippen LogP contribution in [0.2, 0.25) is 0 Å². The Kier molecular flexibility index (Phi) is 4.76. The van der Waals surface area contributed by atoms with Crippen LogP contribution in [0.5, 0.6) is 0 Å². The van der Waals surface area contributed by atoms with Gasteiger partial charge in [-0.05, 0) is 18.4 Å². The van der Waals surface area contributed by atoms with Gasteiger partial charge in [-0.15, -0.1) is 0 Å². The molecule has 0 radical (unpaired) electrons. The lowest BCUT2D eigenvalue weighted by atomic mass is 9.97. The molecule has 1 aromatic carbocycles. The van der Waals surface area contributed by atoms with Crippen molar-refractivity contribution >= 4 is 5.97 Å². The third kappa shape index (κ3) is 3.57. The Bertz CT molecular complexity index is 375. The Balaban J connectivity index is 1.94. The summed E-state index contributed by atoms with van der Waals surface area (Å²) in [6.45, 7) is 0.509. The van der Waals surface area contributed by atoms with Crippen LogP contribution in [0.15, 0.2) is 30.3 Å². The number of hydrogen-bond donors (Lipinski definition) is 1. The average molecular weight is 248 g/mol. The molecule has 18 heavy (non-hydrogen) atoms. The van der Waals surface area contributed by atoms with Gasteiger partial charge in [0.05, 0.1) is 18.6 Å². The minimum atomic E-state index is -0.713. The summed E-state index contributed by atoms with van der Waals surface area (Å²) in [5.41, 5.74) is 1.10. The molecule has 1 N–H and O–H groups in total. The fourth-order valence-electron chi connectivity index (χ4n) is 2.53. The lowest BCUT2D eigenvalue weighted by molar-refractivity contribution is -0.148. The van der Waals surface area contributed by atoms with E-state index in [2.05, 4.69) is 0 Å². The van der Waals surface area contributed by atoms with Crippen LogP contribution in [0.25, 0.3) is 0 Å². The van der Waals surface area contributed by atoms with Crippen molar-refractivity contribution in [2.24, 2.45) is 5.92 Å². The van der Waals surface area contributed by atoms with E-state index in [4.69, 9.17) is 4.74 Å². The zero-order valence-electron chi connectivity index (χ0n) is 10.5. The molecule has 1 fully saturated rings.